The van der Waals surface area contributed by atoms with Crippen molar-refractivity contribution in [2.45, 2.75) is 94.2 Å². The summed E-state index contributed by atoms with van der Waals surface area (Å²) in [5.74, 6) is -5.30. The van der Waals surface area contributed by atoms with E-state index in [-0.39, 0.29) is 118 Å². The van der Waals surface area contributed by atoms with Gasteiger partial charge in [0.25, 0.3) is 0 Å². The highest BCUT2D eigenvalue weighted by Crippen LogP contribution is 2.57. The van der Waals surface area contributed by atoms with Crippen molar-refractivity contribution in [3.63, 3.8) is 0 Å². The Morgan fingerprint density at radius 2 is 1.60 bits per heavy atom. The van der Waals surface area contributed by atoms with E-state index in [9.17, 15) is 19.2 Å². The number of hydrogen-bond donors (Lipinski definition) is 3. The van der Waals surface area contributed by atoms with Gasteiger partial charge in [-0.15, -0.1) is 0 Å². The second-order valence-electron chi connectivity index (χ2n) is 20.5. The number of carbonyl (C=O) groups is 4. The number of nitrogens with zero attached hydrogens (tertiary/aromatic N) is 5. The van der Waals surface area contributed by atoms with Gasteiger partial charge in [0.15, 0.2) is 28.8 Å². The number of aromatic nitrogens is 2. The number of ether oxygens (including phenoxy) is 3. The third kappa shape index (κ3) is 9.69. The third-order valence-electron chi connectivity index (χ3n) is 16.4. The zero-order valence-corrected chi connectivity index (χ0v) is 42.9. The molecular weight excluding hydrogens is 996 g/mol. The first kappa shape index (κ1) is 52.2. The number of carbonyl (C=O) groups excluding carboxylic acids is 4. The number of imide groups is 1. The molecule has 4 aliphatic heterocycles. The molecule has 10 rings (SSSR count). The van der Waals surface area contributed by atoms with Crippen molar-refractivity contribution >= 4 is 52.1 Å². The molecule has 75 heavy (non-hydrogen) atoms. The highest BCUT2D eigenvalue weighted by atomic mass is 35.5. The minimum atomic E-state index is -1.12. The van der Waals surface area contributed by atoms with E-state index in [1.807, 2.05) is 42.2 Å². The lowest BCUT2D eigenvalue weighted by molar-refractivity contribution is -0.138. The Balaban J connectivity index is 0.759. The molecule has 3 saturated heterocycles. The minimum absolute atomic E-state index is 0.0147. The average molecular weight is 1060 g/mol. The van der Waals surface area contributed by atoms with Gasteiger partial charge in [-0.25, -0.2) is 22.4 Å². The number of methoxy groups -OCH3 is 1. The van der Waals surface area contributed by atoms with Gasteiger partial charge in [-0.1, -0.05) is 48.9 Å². The molecule has 4 fully saturated rings. The molecular formula is C55H61ClF4N8O7. The van der Waals surface area contributed by atoms with Crippen LogP contribution in [0.5, 0.6) is 11.5 Å². The van der Waals surface area contributed by atoms with Crippen molar-refractivity contribution in [3.8, 4) is 22.6 Å². The Morgan fingerprint density at radius 1 is 0.880 bits per heavy atom. The number of fused-ring (bicyclic) bond motifs is 2. The third-order valence-corrected chi connectivity index (χ3v) is 16.8. The van der Waals surface area contributed by atoms with Crippen LogP contribution in [0, 0.1) is 29.2 Å². The first-order valence-corrected chi connectivity index (χ1v) is 26.2. The molecule has 4 N–H and O–H groups in total. The summed E-state index contributed by atoms with van der Waals surface area (Å²) < 4.78 is 83.6. The predicted octanol–water partition coefficient (Wildman–Crippen LogP) is 8.43. The van der Waals surface area contributed by atoms with Crippen LogP contribution in [0.2, 0.25) is 5.02 Å². The fraction of sp³-hybridized carbons (Fsp3) is 0.473. The van der Waals surface area contributed by atoms with Crippen LogP contribution in [0.3, 0.4) is 0 Å². The number of nitrogens with one attached hydrogen (secondary N) is 2. The van der Waals surface area contributed by atoms with E-state index in [0.717, 1.165) is 31.2 Å². The molecule has 1 aromatic heterocycles. The lowest BCUT2D eigenvalue weighted by atomic mass is 9.77. The Hall–Kier alpha value is -6.28. The maximum absolute atomic E-state index is 16.6. The molecule has 0 bridgehead atoms. The normalized spacial score (nSPS) is 22.9. The summed E-state index contributed by atoms with van der Waals surface area (Å²) in [6.07, 6.45) is 5.63. The summed E-state index contributed by atoms with van der Waals surface area (Å²) >= 11 is 6.76. The van der Waals surface area contributed by atoms with Crippen LogP contribution in [0.1, 0.15) is 104 Å². The van der Waals surface area contributed by atoms with Crippen LogP contribution in [0.15, 0.2) is 54.6 Å². The molecule has 15 nitrogen and oxygen atoms in total. The molecule has 20 heteroatoms. The van der Waals surface area contributed by atoms with E-state index in [0.29, 0.717) is 57.4 Å². The van der Waals surface area contributed by atoms with E-state index >= 15 is 17.6 Å². The number of likely N-dealkylation sites (tertiary alicyclic amines) is 2. The summed E-state index contributed by atoms with van der Waals surface area (Å²) in [5, 5.41) is 10.1. The topological polar surface area (TPSA) is 174 Å². The van der Waals surface area contributed by atoms with Gasteiger partial charge in [-0.3, -0.25) is 29.3 Å². The molecule has 5 aromatic rings. The number of rotatable bonds is 14. The first-order valence-electron chi connectivity index (χ1n) is 25.8. The molecule has 0 unspecified atom stereocenters. The van der Waals surface area contributed by atoms with Crippen molar-refractivity contribution in [1.29, 1.82) is 0 Å². The number of anilines is 1. The lowest BCUT2D eigenvalue weighted by Gasteiger charge is -2.43. The summed E-state index contributed by atoms with van der Waals surface area (Å²) in [7, 11) is 3.04. The van der Waals surface area contributed by atoms with Crippen molar-refractivity contribution < 1.29 is 51.0 Å². The summed E-state index contributed by atoms with van der Waals surface area (Å²) in [5.41, 5.74) is 5.50. The Bertz CT molecular complexity index is 3030. The van der Waals surface area contributed by atoms with E-state index in [2.05, 4.69) is 20.6 Å². The Kier molecular flexibility index (Phi) is 14.9. The lowest BCUT2D eigenvalue weighted by Crippen LogP contribution is -2.51. The molecule has 1 saturated carbocycles. The Morgan fingerprint density at radius 3 is 2.28 bits per heavy atom. The van der Waals surface area contributed by atoms with Crippen LogP contribution in [0.4, 0.5) is 28.2 Å². The SMILES string of the molecule is COCCOc1ccc(C(N)=O)c(-c2c(Cl)c(F)cc3c2[C@H](C)[C@@](CNC2CCC(C(=O)N4CCC(N5CCC(c6c(F)cc7c(N8CCC(=O)NC8=O)nn(C)c7c6F)CC5)CC4)CC2)(c2ccccc2)O3)c1F. The maximum atomic E-state index is 16.6. The molecule has 5 aliphatic rings. The number of piperidine rings is 2. The predicted molar refractivity (Wildman–Crippen MR) is 273 cm³/mol. The van der Waals surface area contributed by atoms with Crippen molar-refractivity contribution in [3.05, 3.63) is 105 Å². The fourth-order valence-electron chi connectivity index (χ4n) is 12.4. The fourth-order valence-corrected chi connectivity index (χ4v) is 12.6. The van der Waals surface area contributed by atoms with Crippen LogP contribution >= 0.6 is 11.6 Å². The van der Waals surface area contributed by atoms with Gasteiger partial charge in [0.1, 0.15) is 29.5 Å². The first-order chi connectivity index (χ1) is 36.1. The number of benzene rings is 4. The quantitative estimate of drug-likeness (QED) is 0.0724. The molecule has 0 radical (unpaired) electrons. The van der Waals surface area contributed by atoms with Crippen molar-refractivity contribution in [2.24, 2.45) is 18.7 Å². The van der Waals surface area contributed by atoms with Gasteiger partial charge in [-0.05, 0) is 94.1 Å². The highest BCUT2D eigenvalue weighted by molar-refractivity contribution is 6.34. The van der Waals surface area contributed by atoms with Crippen molar-refractivity contribution in [2.75, 3.05) is 64.5 Å². The summed E-state index contributed by atoms with van der Waals surface area (Å²) in [4.78, 5) is 56.8. The molecule has 4 aromatic carbocycles. The van der Waals surface area contributed by atoms with Crippen LogP contribution in [-0.4, -0.2) is 115 Å². The van der Waals surface area contributed by atoms with Gasteiger partial charge in [-0.2, -0.15) is 5.10 Å². The van der Waals surface area contributed by atoms with E-state index in [1.54, 1.807) is 7.05 Å². The van der Waals surface area contributed by atoms with Crippen LogP contribution in [-0.2, 0) is 27.0 Å². The second kappa shape index (κ2) is 21.4. The van der Waals surface area contributed by atoms with Crippen LogP contribution < -0.4 is 30.7 Å². The van der Waals surface area contributed by atoms with E-state index in [1.165, 1.54) is 41.0 Å². The average Bonchev–Trinajstić information content (AvgIpc) is 3.89. The van der Waals surface area contributed by atoms with Gasteiger partial charge in [0, 0.05) is 99.0 Å². The maximum Gasteiger partial charge on any atom is 0.329 e. The van der Waals surface area contributed by atoms with E-state index < -0.39 is 52.6 Å². The highest BCUT2D eigenvalue weighted by Gasteiger charge is 2.50. The number of halogens is 5. The number of aryl methyl sites for hydroxylation is 1. The molecule has 1 aliphatic carbocycles. The summed E-state index contributed by atoms with van der Waals surface area (Å²) in [6, 6.07) is 14.2. The van der Waals surface area contributed by atoms with E-state index in [4.69, 9.17) is 31.5 Å². The molecule has 0 spiro atoms. The number of nitrogens with two attached hydrogens (primary N) is 1. The van der Waals surface area contributed by atoms with Gasteiger partial charge >= 0.3 is 6.03 Å². The molecule has 2 atom stereocenters. The largest absolute Gasteiger partial charge is 0.488 e. The van der Waals surface area contributed by atoms with Gasteiger partial charge < -0.3 is 35.1 Å². The number of primary amides is 1. The smallest absolute Gasteiger partial charge is 0.329 e. The van der Waals surface area contributed by atoms with Crippen LogP contribution in [0.25, 0.3) is 22.0 Å². The second-order valence-corrected chi connectivity index (χ2v) is 20.9. The van der Waals surface area contributed by atoms with Gasteiger partial charge in [0.2, 0.25) is 17.7 Å². The molecule has 5 amide bonds. The zero-order valence-electron chi connectivity index (χ0n) is 42.2. The number of hydrogen-bond acceptors (Lipinski definition) is 10. The van der Waals surface area contributed by atoms with Crippen molar-refractivity contribution in [1.82, 2.24) is 30.2 Å². The standard InChI is InChI=1S/C55H61ClF4N8O7/c1-30-43-41(28-39(58)47(56)46(43)45-36(51(61)70)13-14-40(48(45)59)74-26-25-73-3)75-55(30,33-7-5-4-6-8-33)29-62-34-11-9-32(10-12-34)53(71)67-22-17-35(18-23-67)66-20-15-31(16-21-66)44-38(57)27-37-50(49(44)60)65(2)64-52(37)68-24-19-42(69)63-54(68)72/h4-8,13-14,27-28,30-32,34-35,62H,9-12,15-26,29H2,1-3H3,(H2,61,70)(H,63,69,72)/t30-,32?,34?,55-/m0/s1. The van der Waals surface area contributed by atoms with Gasteiger partial charge in [0.05, 0.1) is 22.6 Å². The minimum Gasteiger partial charge on any atom is -0.488 e. The summed E-state index contributed by atoms with van der Waals surface area (Å²) in [6.45, 7) is 5.02. The zero-order chi connectivity index (χ0) is 52.9. The number of urea groups is 1. The monoisotopic (exact) mass is 1060 g/mol. The Labute approximate surface area is 436 Å². The number of amides is 5. The molecule has 5 heterocycles. The molecule has 398 valence electrons.